The monoisotopic (exact) mass is 416 g/mol. The van der Waals surface area contributed by atoms with E-state index < -0.39 is 0 Å². The summed E-state index contributed by atoms with van der Waals surface area (Å²) in [6, 6.07) is 28.9. The van der Waals surface area contributed by atoms with E-state index in [1.807, 2.05) is 36.7 Å². The van der Waals surface area contributed by atoms with Gasteiger partial charge in [0, 0.05) is 39.9 Å². The molecule has 31 heavy (non-hydrogen) atoms. The summed E-state index contributed by atoms with van der Waals surface area (Å²) in [4.78, 5) is 9.23. The molecule has 0 spiro atoms. The van der Waals surface area contributed by atoms with Crippen molar-refractivity contribution >= 4 is 33.1 Å². The first-order valence-corrected chi connectivity index (χ1v) is 10.8. The highest BCUT2D eigenvalue weighted by molar-refractivity contribution is 7.17. The molecule has 0 aliphatic carbocycles. The SMILES string of the molecule is c1ccc(-c2nnc(-c3ccc(-c4cnc5c(ccc6cccnc65)c4)cc3)s2)cc1. The van der Waals surface area contributed by atoms with Gasteiger partial charge in [-0.05, 0) is 17.7 Å². The van der Waals surface area contributed by atoms with Crippen LogP contribution in [0.15, 0.2) is 97.3 Å². The van der Waals surface area contributed by atoms with Crippen molar-refractivity contribution in [3.8, 4) is 32.3 Å². The molecule has 3 aromatic carbocycles. The van der Waals surface area contributed by atoms with Gasteiger partial charge in [0.2, 0.25) is 0 Å². The van der Waals surface area contributed by atoms with Crippen LogP contribution < -0.4 is 0 Å². The molecule has 0 atom stereocenters. The van der Waals surface area contributed by atoms with E-state index in [0.717, 1.165) is 54.1 Å². The minimum absolute atomic E-state index is 0.916. The van der Waals surface area contributed by atoms with Gasteiger partial charge in [0.05, 0.1) is 11.0 Å². The maximum absolute atomic E-state index is 4.72. The first-order valence-electron chi connectivity index (χ1n) is 9.98. The van der Waals surface area contributed by atoms with E-state index in [2.05, 4.69) is 75.8 Å². The second-order valence-electron chi connectivity index (χ2n) is 7.29. The second kappa shape index (κ2) is 7.38. The number of benzene rings is 3. The van der Waals surface area contributed by atoms with Gasteiger partial charge in [-0.3, -0.25) is 9.97 Å². The summed E-state index contributed by atoms with van der Waals surface area (Å²) in [5.41, 5.74) is 6.22. The third-order valence-electron chi connectivity index (χ3n) is 5.33. The lowest BCUT2D eigenvalue weighted by atomic mass is 10.0. The van der Waals surface area contributed by atoms with Gasteiger partial charge in [0.25, 0.3) is 0 Å². The van der Waals surface area contributed by atoms with Crippen LogP contribution in [-0.4, -0.2) is 20.2 Å². The Bertz CT molecular complexity index is 1520. The van der Waals surface area contributed by atoms with E-state index in [4.69, 9.17) is 4.98 Å². The zero-order valence-electron chi connectivity index (χ0n) is 16.4. The molecule has 5 heteroatoms. The predicted octanol–water partition coefficient (Wildman–Crippen LogP) is 6.64. The zero-order valence-corrected chi connectivity index (χ0v) is 17.3. The number of fused-ring (bicyclic) bond motifs is 3. The Balaban J connectivity index is 1.33. The van der Waals surface area contributed by atoms with Crippen LogP contribution >= 0.6 is 11.3 Å². The quantitative estimate of drug-likeness (QED) is 0.304. The smallest absolute Gasteiger partial charge is 0.148 e. The molecule has 0 unspecified atom stereocenters. The lowest BCUT2D eigenvalue weighted by Gasteiger charge is -2.06. The fourth-order valence-corrected chi connectivity index (χ4v) is 4.59. The van der Waals surface area contributed by atoms with E-state index in [0.29, 0.717) is 0 Å². The molecule has 3 heterocycles. The number of nitrogens with zero attached hydrogens (tertiary/aromatic N) is 4. The minimum Gasteiger partial charge on any atom is -0.254 e. The van der Waals surface area contributed by atoms with E-state index in [1.165, 1.54) is 0 Å². The van der Waals surface area contributed by atoms with Crippen molar-refractivity contribution < 1.29 is 0 Å². The fourth-order valence-electron chi connectivity index (χ4n) is 3.74. The number of aromatic nitrogens is 4. The molecule has 0 saturated heterocycles. The molecule has 0 radical (unpaired) electrons. The minimum atomic E-state index is 0.916. The summed E-state index contributed by atoms with van der Waals surface area (Å²) >= 11 is 1.60. The first kappa shape index (κ1) is 17.9. The predicted molar refractivity (Wildman–Crippen MR) is 127 cm³/mol. The van der Waals surface area contributed by atoms with Crippen molar-refractivity contribution in [2.45, 2.75) is 0 Å². The molecule has 4 nitrogen and oxygen atoms in total. The fraction of sp³-hybridized carbons (Fsp3) is 0. The maximum atomic E-state index is 4.72. The summed E-state index contributed by atoms with van der Waals surface area (Å²) in [6.45, 7) is 0. The molecule has 0 fully saturated rings. The summed E-state index contributed by atoms with van der Waals surface area (Å²) in [5, 5.41) is 12.8. The van der Waals surface area contributed by atoms with Crippen molar-refractivity contribution in [1.29, 1.82) is 0 Å². The van der Waals surface area contributed by atoms with Crippen LogP contribution in [0.25, 0.3) is 54.1 Å². The summed E-state index contributed by atoms with van der Waals surface area (Å²) < 4.78 is 0. The molecule has 0 bridgehead atoms. The lowest BCUT2D eigenvalue weighted by Crippen LogP contribution is -1.87. The third kappa shape index (κ3) is 3.25. The van der Waals surface area contributed by atoms with Gasteiger partial charge in [-0.2, -0.15) is 0 Å². The third-order valence-corrected chi connectivity index (χ3v) is 6.36. The van der Waals surface area contributed by atoms with Crippen LogP contribution in [0, 0.1) is 0 Å². The molecule has 3 aromatic heterocycles. The summed E-state index contributed by atoms with van der Waals surface area (Å²) in [7, 11) is 0. The Labute approximate surface area is 182 Å². The summed E-state index contributed by atoms with van der Waals surface area (Å²) in [5.74, 6) is 0. The van der Waals surface area contributed by atoms with Crippen LogP contribution in [0.5, 0.6) is 0 Å². The highest BCUT2D eigenvalue weighted by Gasteiger charge is 2.10. The highest BCUT2D eigenvalue weighted by Crippen LogP contribution is 2.32. The summed E-state index contributed by atoms with van der Waals surface area (Å²) in [6.07, 6.45) is 3.73. The average Bonchev–Trinajstić information content (AvgIpc) is 3.35. The zero-order chi connectivity index (χ0) is 20.6. The van der Waals surface area contributed by atoms with Crippen LogP contribution in [0.2, 0.25) is 0 Å². The van der Waals surface area contributed by atoms with Crippen LogP contribution in [0.4, 0.5) is 0 Å². The number of hydrogen-bond acceptors (Lipinski definition) is 5. The van der Waals surface area contributed by atoms with Gasteiger partial charge in [-0.25, -0.2) is 0 Å². The number of pyridine rings is 2. The first-order chi connectivity index (χ1) is 15.3. The van der Waals surface area contributed by atoms with Crippen molar-refractivity contribution in [3.05, 3.63) is 97.3 Å². The van der Waals surface area contributed by atoms with E-state index in [1.54, 1.807) is 11.3 Å². The van der Waals surface area contributed by atoms with Gasteiger partial charge < -0.3 is 0 Å². The number of hydrogen-bond donors (Lipinski definition) is 0. The Morgan fingerprint density at radius 2 is 1.19 bits per heavy atom. The van der Waals surface area contributed by atoms with Crippen molar-refractivity contribution in [1.82, 2.24) is 20.2 Å². The van der Waals surface area contributed by atoms with Crippen LogP contribution in [0.1, 0.15) is 0 Å². The molecule has 0 aliphatic heterocycles. The lowest BCUT2D eigenvalue weighted by molar-refractivity contribution is 1.10. The molecule has 6 aromatic rings. The van der Waals surface area contributed by atoms with Gasteiger partial charge in [0.15, 0.2) is 0 Å². The molecule has 0 aliphatic rings. The van der Waals surface area contributed by atoms with Gasteiger partial charge in [-0.1, -0.05) is 84.1 Å². The van der Waals surface area contributed by atoms with Gasteiger partial charge in [-0.15, -0.1) is 10.2 Å². The van der Waals surface area contributed by atoms with Crippen molar-refractivity contribution in [2.24, 2.45) is 0 Å². The Kier molecular flexibility index (Phi) is 4.25. The molecule has 146 valence electrons. The molecule has 0 amide bonds. The van der Waals surface area contributed by atoms with Crippen molar-refractivity contribution in [3.63, 3.8) is 0 Å². The standard InChI is InChI=1S/C26H16N4S/c1-2-5-19(6-3-1)25-29-30-26(31-25)20-11-8-17(9-12-20)22-15-21-13-10-18-7-4-14-27-23(18)24(21)28-16-22/h1-16H. The Hall–Kier alpha value is -3.96. The van der Waals surface area contributed by atoms with Gasteiger partial charge >= 0.3 is 0 Å². The topological polar surface area (TPSA) is 51.6 Å². The normalized spacial score (nSPS) is 11.2. The maximum Gasteiger partial charge on any atom is 0.148 e. The molecule has 0 saturated carbocycles. The Morgan fingerprint density at radius 3 is 2.00 bits per heavy atom. The van der Waals surface area contributed by atoms with E-state index >= 15 is 0 Å². The largest absolute Gasteiger partial charge is 0.254 e. The van der Waals surface area contributed by atoms with E-state index in [9.17, 15) is 0 Å². The molecular weight excluding hydrogens is 400 g/mol. The average molecular weight is 417 g/mol. The number of rotatable bonds is 3. The Morgan fingerprint density at radius 1 is 0.516 bits per heavy atom. The molecule has 6 rings (SSSR count). The van der Waals surface area contributed by atoms with Gasteiger partial charge in [0.1, 0.15) is 10.0 Å². The highest BCUT2D eigenvalue weighted by atomic mass is 32.1. The van der Waals surface area contributed by atoms with Crippen molar-refractivity contribution in [2.75, 3.05) is 0 Å². The van der Waals surface area contributed by atoms with E-state index in [-0.39, 0.29) is 0 Å². The second-order valence-corrected chi connectivity index (χ2v) is 8.27. The van der Waals surface area contributed by atoms with Crippen LogP contribution in [-0.2, 0) is 0 Å². The molecular formula is C26H16N4S. The molecule has 0 N–H and O–H groups in total. The van der Waals surface area contributed by atoms with Crippen LogP contribution in [0.3, 0.4) is 0 Å².